The molecule has 0 aromatic rings. The Morgan fingerprint density at radius 1 is 1.62 bits per heavy atom. The number of amides is 1. The predicted molar refractivity (Wildman–Crippen MR) is 61.1 cm³/mol. The van der Waals surface area contributed by atoms with Crippen LogP contribution in [0.2, 0.25) is 0 Å². The van der Waals surface area contributed by atoms with Crippen LogP contribution in [0.25, 0.3) is 0 Å². The van der Waals surface area contributed by atoms with Gasteiger partial charge in [0, 0.05) is 20.3 Å². The highest BCUT2D eigenvalue weighted by molar-refractivity contribution is 5.76. The molecule has 3 N–H and O–H groups in total. The molecule has 1 aliphatic rings. The summed E-state index contributed by atoms with van der Waals surface area (Å²) >= 11 is 0. The number of hydrogen-bond acceptors (Lipinski definition) is 4. The zero-order valence-electron chi connectivity index (χ0n) is 9.91. The monoisotopic (exact) mass is 230 g/mol. The van der Waals surface area contributed by atoms with Gasteiger partial charge >= 0.3 is 0 Å². The highest BCUT2D eigenvalue weighted by atomic mass is 16.5. The maximum absolute atomic E-state index is 11.7. The first-order valence-electron chi connectivity index (χ1n) is 5.86. The van der Waals surface area contributed by atoms with Crippen LogP contribution in [0.4, 0.5) is 0 Å². The van der Waals surface area contributed by atoms with Crippen molar-refractivity contribution in [2.75, 3.05) is 26.9 Å². The van der Waals surface area contributed by atoms with Crippen molar-refractivity contribution >= 4 is 5.91 Å². The lowest BCUT2D eigenvalue weighted by Gasteiger charge is -2.23. The third-order valence-corrected chi connectivity index (χ3v) is 2.70. The fourth-order valence-electron chi connectivity index (χ4n) is 1.83. The predicted octanol–water partition coefficient (Wildman–Crippen LogP) is 0.0355. The number of nitrogens with one attached hydrogen (secondary N) is 1. The van der Waals surface area contributed by atoms with E-state index in [0.29, 0.717) is 19.6 Å². The number of ether oxygens (including phenoxy) is 2. The molecule has 1 aliphatic heterocycles. The summed E-state index contributed by atoms with van der Waals surface area (Å²) in [6, 6.07) is -0.0962. The van der Waals surface area contributed by atoms with Crippen LogP contribution in [-0.2, 0) is 14.3 Å². The fourth-order valence-corrected chi connectivity index (χ4v) is 1.83. The van der Waals surface area contributed by atoms with Gasteiger partial charge < -0.3 is 20.5 Å². The maximum Gasteiger partial charge on any atom is 0.222 e. The Morgan fingerprint density at radius 3 is 3.00 bits per heavy atom. The lowest BCUT2D eigenvalue weighted by atomic mass is 10.1. The van der Waals surface area contributed by atoms with Gasteiger partial charge in [-0.2, -0.15) is 0 Å². The second-order valence-electron chi connectivity index (χ2n) is 4.15. The van der Waals surface area contributed by atoms with Crippen LogP contribution < -0.4 is 11.1 Å². The lowest BCUT2D eigenvalue weighted by molar-refractivity contribution is -0.125. The van der Waals surface area contributed by atoms with Crippen LogP contribution in [0.5, 0.6) is 0 Å². The SMILES string of the molecule is COCC(CN)NC(=O)CC1CCCCO1. The second kappa shape index (κ2) is 7.60. The number of nitrogens with two attached hydrogens (primary N) is 1. The molecule has 94 valence electrons. The lowest BCUT2D eigenvalue weighted by Crippen LogP contribution is -2.44. The minimum Gasteiger partial charge on any atom is -0.383 e. The van der Waals surface area contributed by atoms with Crippen LogP contribution in [-0.4, -0.2) is 44.9 Å². The molecule has 16 heavy (non-hydrogen) atoms. The molecule has 0 saturated carbocycles. The summed E-state index contributed by atoms with van der Waals surface area (Å²) in [7, 11) is 1.60. The summed E-state index contributed by atoms with van der Waals surface area (Å²) in [5.74, 6) is -0.000556. The smallest absolute Gasteiger partial charge is 0.222 e. The molecule has 0 spiro atoms. The van der Waals surface area contributed by atoms with E-state index in [0.717, 1.165) is 25.9 Å². The van der Waals surface area contributed by atoms with E-state index in [1.54, 1.807) is 7.11 Å². The highest BCUT2D eigenvalue weighted by Gasteiger charge is 2.19. The first kappa shape index (κ1) is 13.4. The van der Waals surface area contributed by atoms with E-state index in [9.17, 15) is 4.79 Å². The van der Waals surface area contributed by atoms with E-state index in [2.05, 4.69) is 5.32 Å². The number of rotatable bonds is 6. The van der Waals surface area contributed by atoms with Crippen molar-refractivity contribution in [3.05, 3.63) is 0 Å². The molecule has 0 aromatic heterocycles. The summed E-state index contributed by atoms with van der Waals surface area (Å²) < 4.78 is 10.5. The van der Waals surface area contributed by atoms with Gasteiger partial charge in [0.15, 0.2) is 0 Å². The molecule has 5 heteroatoms. The third-order valence-electron chi connectivity index (χ3n) is 2.70. The molecule has 1 amide bonds. The van der Waals surface area contributed by atoms with Crippen LogP contribution in [0, 0.1) is 0 Å². The number of carbonyl (C=O) groups is 1. The quantitative estimate of drug-likeness (QED) is 0.675. The maximum atomic E-state index is 11.7. The van der Waals surface area contributed by atoms with Crippen LogP contribution in [0.1, 0.15) is 25.7 Å². The Kier molecular flexibility index (Phi) is 6.37. The van der Waals surface area contributed by atoms with Gasteiger partial charge in [0.1, 0.15) is 0 Å². The Hall–Kier alpha value is -0.650. The Labute approximate surface area is 96.7 Å². The minimum absolute atomic E-state index is 0.000556. The van der Waals surface area contributed by atoms with Crippen LogP contribution in [0.15, 0.2) is 0 Å². The van der Waals surface area contributed by atoms with Crippen LogP contribution in [0.3, 0.4) is 0 Å². The van der Waals surface area contributed by atoms with Crippen molar-refractivity contribution in [2.45, 2.75) is 37.8 Å². The Balaban J connectivity index is 2.22. The third kappa shape index (κ3) is 4.92. The van der Waals surface area contributed by atoms with Crippen molar-refractivity contribution in [1.82, 2.24) is 5.32 Å². The minimum atomic E-state index is -0.0962. The largest absolute Gasteiger partial charge is 0.383 e. The molecule has 2 atom stereocenters. The number of carbonyl (C=O) groups excluding carboxylic acids is 1. The van der Waals surface area contributed by atoms with E-state index in [1.165, 1.54) is 0 Å². The standard InChI is InChI=1S/C11H22N2O3/c1-15-8-9(7-12)13-11(14)6-10-4-2-3-5-16-10/h9-10H,2-8,12H2,1H3,(H,13,14). The van der Waals surface area contributed by atoms with Gasteiger partial charge in [-0.1, -0.05) is 0 Å². The van der Waals surface area contributed by atoms with Crippen molar-refractivity contribution in [3.8, 4) is 0 Å². The van der Waals surface area contributed by atoms with Crippen molar-refractivity contribution < 1.29 is 14.3 Å². The first-order valence-corrected chi connectivity index (χ1v) is 5.86. The first-order chi connectivity index (χ1) is 7.76. The molecule has 0 aromatic carbocycles. The van der Waals surface area contributed by atoms with Gasteiger partial charge in [-0.15, -0.1) is 0 Å². The number of methoxy groups -OCH3 is 1. The van der Waals surface area contributed by atoms with E-state index in [-0.39, 0.29) is 18.1 Å². The Morgan fingerprint density at radius 2 is 2.44 bits per heavy atom. The number of hydrogen-bond donors (Lipinski definition) is 2. The molecule has 1 rings (SSSR count). The van der Waals surface area contributed by atoms with Gasteiger partial charge in [-0.3, -0.25) is 4.79 Å². The van der Waals surface area contributed by atoms with Gasteiger partial charge in [0.25, 0.3) is 0 Å². The highest BCUT2D eigenvalue weighted by Crippen LogP contribution is 2.15. The zero-order valence-corrected chi connectivity index (χ0v) is 9.91. The zero-order chi connectivity index (χ0) is 11.8. The summed E-state index contributed by atoms with van der Waals surface area (Å²) in [5.41, 5.74) is 5.51. The van der Waals surface area contributed by atoms with Crippen molar-refractivity contribution in [2.24, 2.45) is 5.73 Å². The molecule has 0 bridgehead atoms. The summed E-state index contributed by atoms with van der Waals surface area (Å²) in [5, 5.41) is 2.85. The normalized spacial score (nSPS) is 22.8. The second-order valence-corrected chi connectivity index (χ2v) is 4.15. The fraction of sp³-hybridized carbons (Fsp3) is 0.909. The average molecular weight is 230 g/mol. The molecular weight excluding hydrogens is 208 g/mol. The molecule has 0 radical (unpaired) electrons. The van der Waals surface area contributed by atoms with Crippen molar-refractivity contribution in [3.63, 3.8) is 0 Å². The molecule has 1 saturated heterocycles. The topological polar surface area (TPSA) is 73.6 Å². The van der Waals surface area contributed by atoms with Gasteiger partial charge in [-0.05, 0) is 19.3 Å². The molecular formula is C11H22N2O3. The van der Waals surface area contributed by atoms with Gasteiger partial charge in [-0.25, -0.2) is 0 Å². The molecule has 2 unspecified atom stereocenters. The summed E-state index contributed by atoms with van der Waals surface area (Å²) in [6.45, 7) is 1.62. The van der Waals surface area contributed by atoms with E-state index >= 15 is 0 Å². The molecule has 1 fully saturated rings. The van der Waals surface area contributed by atoms with E-state index < -0.39 is 0 Å². The van der Waals surface area contributed by atoms with Gasteiger partial charge in [0.05, 0.1) is 25.2 Å². The van der Waals surface area contributed by atoms with Crippen LogP contribution >= 0.6 is 0 Å². The van der Waals surface area contributed by atoms with Crippen molar-refractivity contribution in [1.29, 1.82) is 0 Å². The Bertz CT molecular complexity index is 197. The van der Waals surface area contributed by atoms with E-state index in [4.69, 9.17) is 15.2 Å². The van der Waals surface area contributed by atoms with Gasteiger partial charge in [0.2, 0.25) is 5.91 Å². The summed E-state index contributed by atoms with van der Waals surface area (Å²) in [6.07, 6.45) is 3.74. The molecule has 5 nitrogen and oxygen atoms in total. The molecule has 1 heterocycles. The van der Waals surface area contributed by atoms with E-state index in [1.807, 2.05) is 0 Å². The molecule has 0 aliphatic carbocycles. The average Bonchev–Trinajstić information content (AvgIpc) is 2.29. The summed E-state index contributed by atoms with van der Waals surface area (Å²) in [4.78, 5) is 11.7.